The van der Waals surface area contributed by atoms with E-state index in [1.165, 1.54) is 35.2 Å². The minimum Gasteiger partial charge on any atom is -0.354 e. The van der Waals surface area contributed by atoms with Crippen LogP contribution in [0.3, 0.4) is 0 Å². The molecule has 0 aliphatic rings. The minimum absolute atomic E-state index is 0.0347. The van der Waals surface area contributed by atoms with Crippen molar-refractivity contribution in [3.05, 3.63) is 94.0 Å². The molecule has 1 N–H and O–H groups in total. The molecule has 0 heterocycles. The molecule has 0 aliphatic heterocycles. The fourth-order valence-corrected chi connectivity index (χ4v) is 5.54. The predicted molar refractivity (Wildman–Crippen MR) is 156 cm³/mol. The van der Waals surface area contributed by atoms with E-state index < -0.39 is 28.5 Å². The van der Waals surface area contributed by atoms with Crippen LogP contribution in [0.15, 0.2) is 77.7 Å². The number of hydrogen-bond acceptors (Lipinski definition) is 4. The van der Waals surface area contributed by atoms with Crippen molar-refractivity contribution in [1.82, 2.24) is 10.2 Å². The Bertz CT molecular complexity index is 1390. The largest absolute Gasteiger partial charge is 0.354 e. The van der Waals surface area contributed by atoms with Crippen LogP contribution >= 0.6 is 23.2 Å². The lowest BCUT2D eigenvalue weighted by molar-refractivity contribution is -0.139. The highest BCUT2D eigenvalue weighted by Crippen LogP contribution is 2.27. The van der Waals surface area contributed by atoms with Crippen molar-refractivity contribution in [2.24, 2.45) is 5.92 Å². The van der Waals surface area contributed by atoms with E-state index in [-0.39, 0.29) is 29.0 Å². The summed E-state index contributed by atoms with van der Waals surface area (Å²) in [7, 11) is -4.19. The van der Waals surface area contributed by atoms with Gasteiger partial charge in [0.05, 0.1) is 10.6 Å². The van der Waals surface area contributed by atoms with Crippen LogP contribution in [0.1, 0.15) is 31.9 Å². The van der Waals surface area contributed by atoms with Gasteiger partial charge in [0.15, 0.2) is 0 Å². The van der Waals surface area contributed by atoms with Gasteiger partial charge in [0.1, 0.15) is 12.6 Å². The quantitative estimate of drug-likeness (QED) is 0.311. The Labute approximate surface area is 240 Å². The van der Waals surface area contributed by atoms with Gasteiger partial charge in [0.2, 0.25) is 11.8 Å². The number of anilines is 1. The molecule has 3 rings (SSSR count). The number of carbonyl (C=O) groups excluding carboxylic acids is 2. The van der Waals surface area contributed by atoms with E-state index in [1.54, 1.807) is 25.1 Å². The Morgan fingerprint density at radius 3 is 2.13 bits per heavy atom. The molecule has 3 aromatic rings. The van der Waals surface area contributed by atoms with E-state index in [9.17, 15) is 18.0 Å². The molecule has 0 fully saturated rings. The van der Waals surface area contributed by atoms with E-state index in [1.807, 2.05) is 45.0 Å². The van der Waals surface area contributed by atoms with Crippen LogP contribution in [-0.2, 0) is 26.2 Å². The maximum atomic E-state index is 13.9. The summed E-state index contributed by atoms with van der Waals surface area (Å²) < 4.78 is 28.6. The molecule has 0 spiro atoms. The van der Waals surface area contributed by atoms with E-state index in [4.69, 9.17) is 23.2 Å². The summed E-state index contributed by atoms with van der Waals surface area (Å²) in [6.07, 6.45) is 0. The Kier molecular flexibility index (Phi) is 10.4. The summed E-state index contributed by atoms with van der Waals surface area (Å²) in [5, 5.41) is 3.56. The molecule has 208 valence electrons. The molecule has 0 radical (unpaired) electrons. The van der Waals surface area contributed by atoms with Crippen molar-refractivity contribution in [1.29, 1.82) is 0 Å². The molecular weight excluding hydrogens is 557 g/mol. The Balaban J connectivity index is 2.01. The van der Waals surface area contributed by atoms with Crippen LogP contribution in [-0.4, -0.2) is 44.3 Å². The third kappa shape index (κ3) is 8.21. The summed E-state index contributed by atoms with van der Waals surface area (Å²) in [6.45, 7) is 7.59. The standard InChI is InChI=1S/C29H33Cl2N3O4S/c1-20(2)17-32-29(36)22(4)33(18-23-10-8-21(3)9-11-23)28(35)19-34(26-7-5-6-25(31)16-26)39(37,38)27-14-12-24(30)13-15-27/h5-16,20,22H,17-19H2,1-4H3,(H,32,36)/t22-/m1/s1. The molecular formula is C29H33Cl2N3O4S. The number of amides is 2. The average Bonchev–Trinajstić information content (AvgIpc) is 2.89. The van der Waals surface area contributed by atoms with Crippen molar-refractivity contribution >= 4 is 50.7 Å². The molecule has 0 unspecified atom stereocenters. The summed E-state index contributed by atoms with van der Waals surface area (Å²) in [6, 6.07) is 18.7. The molecule has 10 heteroatoms. The Morgan fingerprint density at radius 1 is 0.897 bits per heavy atom. The fraction of sp³-hybridized carbons (Fsp3) is 0.310. The lowest BCUT2D eigenvalue weighted by atomic mass is 10.1. The van der Waals surface area contributed by atoms with Gasteiger partial charge in [0, 0.05) is 23.1 Å². The van der Waals surface area contributed by atoms with Gasteiger partial charge in [-0.3, -0.25) is 13.9 Å². The lowest BCUT2D eigenvalue weighted by Crippen LogP contribution is -2.51. The second kappa shape index (κ2) is 13.3. The number of hydrogen-bond donors (Lipinski definition) is 1. The first kappa shape index (κ1) is 30.5. The zero-order valence-electron chi connectivity index (χ0n) is 22.4. The molecule has 0 saturated carbocycles. The second-order valence-corrected chi connectivity index (χ2v) is 12.5. The van der Waals surface area contributed by atoms with Crippen LogP contribution in [0.5, 0.6) is 0 Å². The first-order valence-corrected chi connectivity index (χ1v) is 14.7. The number of nitrogens with zero attached hydrogens (tertiary/aromatic N) is 2. The van der Waals surface area contributed by atoms with Gasteiger partial charge in [-0.05, 0) is 67.8 Å². The van der Waals surface area contributed by atoms with Gasteiger partial charge in [-0.15, -0.1) is 0 Å². The third-order valence-electron chi connectivity index (χ3n) is 6.10. The maximum Gasteiger partial charge on any atom is 0.264 e. The van der Waals surface area contributed by atoms with E-state index in [0.717, 1.165) is 15.4 Å². The molecule has 0 saturated heterocycles. The fourth-order valence-electron chi connectivity index (χ4n) is 3.82. The number of halogens is 2. The van der Waals surface area contributed by atoms with Crippen molar-refractivity contribution in [3.8, 4) is 0 Å². The highest BCUT2D eigenvalue weighted by molar-refractivity contribution is 7.92. The van der Waals surface area contributed by atoms with Gasteiger partial charge < -0.3 is 10.2 Å². The van der Waals surface area contributed by atoms with Crippen molar-refractivity contribution in [2.75, 3.05) is 17.4 Å². The number of aryl methyl sites for hydroxylation is 1. The van der Waals surface area contributed by atoms with Crippen LogP contribution in [0, 0.1) is 12.8 Å². The first-order chi connectivity index (χ1) is 18.4. The van der Waals surface area contributed by atoms with Gasteiger partial charge >= 0.3 is 0 Å². The van der Waals surface area contributed by atoms with Gasteiger partial charge in [-0.2, -0.15) is 0 Å². The highest BCUT2D eigenvalue weighted by atomic mass is 35.5. The molecule has 0 aliphatic carbocycles. The van der Waals surface area contributed by atoms with Crippen LogP contribution < -0.4 is 9.62 Å². The van der Waals surface area contributed by atoms with E-state index >= 15 is 0 Å². The monoisotopic (exact) mass is 589 g/mol. The lowest BCUT2D eigenvalue weighted by Gasteiger charge is -2.32. The number of sulfonamides is 1. The molecule has 1 atom stereocenters. The topological polar surface area (TPSA) is 86.8 Å². The second-order valence-electron chi connectivity index (χ2n) is 9.77. The molecule has 2 amide bonds. The summed E-state index contributed by atoms with van der Waals surface area (Å²) in [4.78, 5) is 28.3. The van der Waals surface area contributed by atoms with E-state index in [2.05, 4.69) is 5.32 Å². The van der Waals surface area contributed by atoms with Gasteiger partial charge in [-0.1, -0.05) is 72.9 Å². The summed E-state index contributed by atoms with van der Waals surface area (Å²) >= 11 is 12.2. The molecule has 39 heavy (non-hydrogen) atoms. The Morgan fingerprint density at radius 2 is 1.54 bits per heavy atom. The molecule has 0 bridgehead atoms. The minimum atomic E-state index is -4.19. The van der Waals surface area contributed by atoms with Crippen LogP contribution in [0.2, 0.25) is 10.0 Å². The number of rotatable bonds is 11. The third-order valence-corrected chi connectivity index (χ3v) is 8.38. The van der Waals surface area contributed by atoms with Crippen LogP contribution in [0.25, 0.3) is 0 Å². The summed E-state index contributed by atoms with van der Waals surface area (Å²) in [5.41, 5.74) is 2.09. The zero-order valence-corrected chi connectivity index (χ0v) is 24.7. The smallest absolute Gasteiger partial charge is 0.264 e. The zero-order chi connectivity index (χ0) is 28.7. The van der Waals surface area contributed by atoms with Crippen molar-refractivity contribution in [3.63, 3.8) is 0 Å². The average molecular weight is 591 g/mol. The predicted octanol–water partition coefficient (Wildman–Crippen LogP) is 5.69. The first-order valence-electron chi connectivity index (χ1n) is 12.5. The molecule has 7 nitrogen and oxygen atoms in total. The van der Waals surface area contributed by atoms with Gasteiger partial charge in [-0.25, -0.2) is 8.42 Å². The van der Waals surface area contributed by atoms with Crippen molar-refractivity contribution in [2.45, 2.75) is 45.2 Å². The van der Waals surface area contributed by atoms with Crippen molar-refractivity contribution < 1.29 is 18.0 Å². The van der Waals surface area contributed by atoms with Gasteiger partial charge in [0.25, 0.3) is 10.0 Å². The number of nitrogens with one attached hydrogen (secondary N) is 1. The SMILES string of the molecule is Cc1ccc(CN(C(=O)CN(c2cccc(Cl)c2)S(=O)(=O)c2ccc(Cl)cc2)[C@H](C)C(=O)NCC(C)C)cc1. The highest BCUT2D eigenvalue weighted by Gasteiger charge is 2.32. The summed E-state index contributed by atoms with van der Waals surface area (Å²) in [5.74, 6) is -0.635. The van der Waals surface area contributed by atoms with Crippen LogP contribution in [0.4, 0.5) is 5.69 Å². The Hall–Kier alpha value is -3.07. The van der Waals surface area contributed by atoms with E-state index in [0.29, 0.717) is 16.6 Å². The molecule has 3 aromatic carbocycles. The number of benzene rings is 3. The molecule has 0 aromatic heterocycles. The normalized spacial score (nSPS) is 12.2. The maximum absolute atomic E-state index is 13.9. The number of carbonyl (C=O) groups is 2.